The molecule has 2 rings (SSSR count). The minimum absolute atomic E-state index is 0.0177. The number of hydrogen-bond acceptors (Lipinski definition) is 3. The molecule has 0 aromatic heterocycles. The summed E-state index contributed by atoms with van der Waals surface area (Å²) in [4.78, 5) is 14.1. The molecule has 3 atom stereocenters. The lowest BCUT2D eigenvalue weighted by atomic mass is 10.0. The molecule has 20 heavy (non-hydrogen) atoms. The molecule has 1 aliphatic heterocycles. The Balaban J connectivity index is 1.81. The molecule has 4 heteroatoms. The molecule has 1 saturated heterocycles. The van der Waals surface area contributed by atoms with Crippen LogP contribution >= 0.6 is 0 Å². The van der Waals surface area contributed by atoms with Gasteiger partial charge in [-0.25, -0.2) is 0 Å². The minimum Gasteiger partial charge on any atom is -0.393 e. The van der Waals surface area contributed by atoms with E-state index in [0.29, 0.717) is 19.7 Å². The summed E-state index contributed by atoms with van der Waals surface area (Å²) in [5, 5.41) is 9.57. The van der Waals surface area contributed by atoms with Gasteiger partial charge in [0.1, 0.15) is 6.10 Å². The summed E-state index contributed by atoms with van der Waals surface area (Å²) in [6.07, 6.45) is 0.0748. The van der Waals surface area contributed by atoms with Gasteiger partial charge < -0.3 is 14.7 Å². The van der Waals surface area contributed by atoms with E-state index in [2.05, 4.69) is 0 Å². The predicted octanol–water partition coefficient (Wildman–Crippen LogP) is 1.82. The summed E-state index contributed by atoms with van der Waals surface area (Å²) in [7, 11) is 0. The Morgan fingerprint density at radius 1 is 1.40 bits per heavy atom. The molecule has 1 heterocycles. The Morgan fingerprint density at radius 3 is 2.70 bits per heavy atom. The molecule has 1 aromatic rings. The van der Waals surface area contributed by atoms with Gasteiger partial charge in [-0.3, -0.25) is 4.79 Å². The second-order valence-corrected chi connectivity index (χ2v) is 5.51. The molecule has 0 radical (unpaired) electrons. The molecule has 1 aliphatic rings. The van der Waals surface area contributed by atoms with E-state index in [1.165, 1.54) is 0 Å². The van der Waals surface area contributed by atoms with Crippen LogP contribution in [0.3, 0.4) is 0 Å². The van der Waals surface area contributed by atoms with Crippen LogP contribution in [0.2, 0.25) is 0 Å². The SMILES string of the molecule is CC(OCc1ccccc1)C(=O)N1CCC(C(C)O)C1. The van der Waals surface area contributed by atoms with Gasteiger partial charge in [-0.2, -0.15) is 0 Å². The summed E-state index contributed by atoms with van der Waals surface area (Å²) in [5.41, 5.74) is 1.07. The molecule has 1 aromatic carbocycles. The second kappa shape index (κ2) is 6.86. The van der Waals surface area contributed by atoms with E-state index in [-0.39, 0.29) is 17.9 Å². The summed E-state index contributed by atoms with van der Waals surface area (Å²) >= 11 is 0. The predicted molar refractivity (Wildman–Crippen MR) is 77.1 cm³/mol. The minimum atomic E-state index is -0.442. The van der Waals surface area contributed by atoms with Crippen LogP contribution in [-0.4, -0.2) is 41.2 Å². The number of hydrogen-bond donors (Lipinski definition) is 1. The number of carbonyl (C=O) groups excluding carboxylic acids is 1. The molecule has 1 fully saturated rings. The summed E-state index contributed by atoms with van der Waals surface area (Å²) in [6, 6.07) is 9.84. The van der Waals surface area contributed by atoms with Crippen molar-refractivity contribution in [1.29, 1.82) is 0 Å². The number of aliphatic hydroxyl groups excluding tert-OH is 1. The molecule has 0 bridgehead atoms. The number of benzene rings is 1. The van der Waals surface area contributed by atoms with E-state index in [1.54, 1.807) is 18.7 Å². The third kappa shape index (κ3) is 3.81. The lowest BCUT2D eigenvalue weighted by Crippen LogP contribution is -2.38. The lowest BCUT2D eigenvalue weighted by Gasteiger charge is -2.22. The average molecular weight is 277 g/mol. The van der Waals surface area contributed by atoms with Gasteiger partial charge in [-0.1, -0.05) is 30.3 Å². The average Bonchev–Trinajstić information content (AvgIpc) is 2.95. The van der Waals surface area contributed by atoms with Crippen LogP contribution in [0.25, 0.3) is 0 Å². The highest BCUT2D eigenvalue weighted by Crippen LogP contribution is 2.20. The van der Waals surface area contributed by atoms with Gasteiger partial charge in [0.05, 0.1) is 12.7 Å². The second-order valence-electron chi connectivity index (χ2n) is 5.51. The fourth-order valence-corrected chi connectivity index (χ4v) is 2.51. The fraction of sp³-hybridized carbons (Fsp3) is 0.562. The van der Waals surface area contributed by atoms with E-state index in [1.807, 2.05) is 30.3 Å². The van der Waals surface area contributed by atoms with Crippen molar-refractivity contribution in [2.45, 2.75) is 39.1 Å². The van der Waals surface area contributed by atoms with Gasteiger partial charge in [0.15, 0.2) is 0 Å². The van der Waals surface area contributed by atoms with Gasteiger partial charge in [0, 0.05) is 19.0 Å². The first-order valence-electron chi connectivity index (χ1n) is 7.20. The van der Waals surface area contributed by atoms with Gasteiger partial charge in [-0.15, -0.1) is 0 Å². The highest BCUT2D eigenvalue weighted by Gasteiger charge is 2.31. The van der Waals surface area contributed by atoms with Crippen LogP contribution < -0.4 is 0 Å². The molecule has 110 valence electrons. The van der Waals surface area contributed by atoms with Gasteiger partial charge in [0.2, 0.25) is 0 Å². The molecule has 1 N–H and O–H groups in total. The highest BCUT2D eigenvalue weighted by atomic mass is 16.5. The standard InChI is InChI=1S/C16H23NO3/c1-12(18)15-8-9-17(10-15)16(19)13(2)20-11-14-6-4-3-5-7-14/h3-7,12-13,15,18H,8-11H2,1-2H3. The Morgan fingerprint density at radius 2 is 2.10 bits per heavy atom. The molecule has 1 amide bonds. The maximum Gasteiger partial charge on any atom is 0.251 e. The first kappa shape index (κ1) is 15.0. The normalized spacial score (nSPS) is 21.8. The fourth-order valence-electron chi connectivity index (χ4n) is 2.51. The van der Waals surface area contributed by atoms with Crippen LogP contribution in [0.1, 0.15) is 25.8 Å². The van der Waals surface area contributed by atoms with Gasteiger partial charge in [-0.05, 0) is 25.8 Å². The van der Waals surface area contributed by atoms with Crippen LogP contribution in [0.5, 0.6) is 0 Å². The molecular formula is C16H23NO3. The van der Waals surface area contributed by atoms with Gasteiger partial charge in [0.25, 0.3) is 5.91 Å². The zero-order valence-electron chi connectivity index (χ0n) is 12.2. The molecule has 0 spiro atoms. The van der Waals surface area contributed by atoms with Crippen molar-refractivity contribution in [3.05, 3.63) is 35.9 Å². The van der Waals surface area contributed by atoms with Crippen molar-refractivity contribution in [3.63, 3.8) is 0 Å². The maximum atomic E-state index is 12.3. The maximum absolute atomic E-state index is 12.3. The van der Waals surface area contributed by atoms with E-state index in [0.717, 1.165) is 12.0 Å². The van der Waals surface area contributed by atoms with E-state index in [4.69, 9.17) is 4.74 Å². The Labute approximate surface area is 120 Å². The Bertz CT molecular complexity index is 433. The van der Waals surface area contributed by atoms with Crippen LogP contribution in [0.4, 0.5) is 0 Å². The monoisotopic (exact) mass is 277 g/mol. The molecule has 0 saturated carbocycles. The summed E-state index contributed by atoms with van der Waals surface area (Å²) in [6.45, 7) is 5.37. The van der Waals surface area contributed by atoms with Crippen LogP contribution in [-0.2, 0) is 16.1 Å². The van der Waals surface area contributed by atoms with Crippen molar-refractivity contribution in [2.75, 3.05) is 13.1 Å². The van der Waals surface area contributed by atoms with Crippen molar-refractivity contribution < 1.29 is 14.6 Å². The number of rotatable bonds is 5. The van der Waals surface area contributed by atoms with Crippen molar-refractivity contribution in [3.8, 4) is 0 Å². The van der Waals surface area contributed by atoms with Gasteiger partial charge >= 0.3 is 0 Å². The molecule has 0 aliphatic carbocycles. The number of aliphatic hydroxyl groups is 1. The van der Waals surface area contributed by atoms with E-state index < -0.39 is 6.10 Å². The number of likely N-dealkylation sites (tertiary alicyclic amines) is 1. The third-order valence-corrected chi connectivity index (χ3v) is 3.91. The zero-order chi connectivity index (χ0) is 14.5. The topological polar surface area (TPSA) is 49.8 Å². The van der Waals surface area contributed by atoms with E-state index >= 15 is 0 Å². The largest absolute Gasteiger partial charge is 0.393 e. The number of carbonyl (C=O) groups is 1. The molecule has 4 nitrogen and oxygen atoms in total. The Hall–Kier alpha value is -1.39. The van der Waals surface area contributed by atoms with Crippen molar-refractivity contribution in [2.24, 2.45) is 5.92 Å². The highest BCUT2D eigenvalue weighted by molar-refractivity contribution is 5.80. The quantitative estimate of drug-likeness (QED) is 0.893. The summed E-state index contributed by atoms with van der Waals surface area (Å²) < 4.78 is 5.64. The molecule has 3 unspecified atom stereocenters. The van der Waals surface area contributed by atoms with Crippen LogP contribution in [0, 0.1) is 5.92 Å². The number of ether oxygens (including phenoxy) is 1. The zero-order valence-corrected chi connectivity index (χ0v) is 12.2. The van der Waals surface area contributed by atoms with Crippen molar-refractivity contribution in [1.82, 2.24) is 4.90 Å². The first-order valence-corrected chi connectivity index (χ1v) is 7.20. The summed E-state index contributed by atoms with van der Waals surface area (Å²) in [5.74, 6) is 0.212. The van der Waals surface area contributed by atoms with E-state index in [9.17, 15) is 9.90 Å². The van der Waals surface area contributed by atoms with Crippen LogP contribution in [0.15, 0.2) is 30.3 Å². The third-order valence-electron chi connectivity index (χ3n) is 3.91. The lowest BCUT2D eigenvalue weighted by molar-refractivity contribution is -0.142. The first-order chi connectivity index (χ1) is 9.58. The smallest absolute Gasteiger partial charge is 0.251 e. The molecular weight excluding hydrogens is 254 g/mol. The number of nitrogens with zero attached hydrogens (tertiary/aromatic N) is 1. The van der Waals surface area contributed by atoms with Crippen molar-refractivity contribution >= 4 is 5.91 Å². The Kier molecular flexibility index (Phi) is 5.15. The number of amides is 1.